The van der Waals surface area contributed by atoms with Gasteiger partial charge in [0.2, 0.25) is 0 Å². The summed E-state index contributed by atoms with van der Waals surface area (Å²) in [6, 6.07) is 8.51. The average molecular weight is 380 g/mol. The predicted molar refractivity (Wildman–Crippen MR) is 101 cm³/mol. The fourth-order valence-electron chi connectivity index (χ4n) is 2.68. The van der Waals surface area contributed by atoms with Gasteiger partial charge in [0.15, 0.2) is 15.1 Å². The summed E-state index contributed by atoms with van der Waals surface area (Å²) in [5, 5.41) is 8.27. The second-order valence-corrected chi connectivity index (χ2v) is 9.31. The number of ether oxygens (including phenoxy) is 1. The normalized spacial score (nSPS) is 13.0. The highest BCUT2D eigenvalue weighted by Crippen LogP contribution is 2.26. The van der Waals surface area contributed by atoms with E-state index >= 15 is 0 Å². The fraction of sp³-hybridized carbons (Fsp3) is 0.600. The molecule has 0 bridgehead atoms. The van der Waals surface area contributed by atoms with Crippen molar-refractivity contribution in [2.45, 2.75) is 69.9 Å². The van der Waals surface area contributed by atoms with Crippen LogP contribution < -0.4 is 0 Å². The molecule has 0 spiro atoms. The molecule has 5 nitrogen and oxygen atoms in total. The van der Waals surface area contributed by atoms with Gasteiger partial charge in [-0.3, -0.25) is 4.79 Å². The van der Waals surface area contributed by atoms with Gasteiger partial charge in [-0.05, 0) is 52.7 Å². The van der Waals surface area contributed by atoms with Crippen molar-refractivity contribution >= 4 is 15.8 Å². The van der Waals surface area contributed by atoms with Gasteiger partial charge < -0.3 is 4.74 Å². The van der Waals surface area contributed by atoms with E-state index in [-0.39, 0.29) is 10.9 Å². The molecule has 0 N–H and O–H groups in total. The summed E-state index contributed by atoms with van der Waals surface area (Å²) in [5.41, 5.74) is 0.431. The van der Waals surface area contributed by atoms with Crippen LogP contribution in [0.3, 0.4) is 0 Å². The van der Waals surface area contributed by atoms with Crippen LogP contribution in [0, 0.1) is 23.7 Å². The van der Waals surface area contributed by atoms with E-state index in [4.69, 9.17) is 4.74 Å². The molecule has 0 amide bonds. The predicted octanol–water partition coefficient (Wildman–Crippen LogP) is 4.20. The van der Waals surface area contributed by atoms with Crippen LogP contribution in [0.15, 0.2) is 29.2 Å². The molecule has 26 heavy (non-hydrogen) atoms. The number of nitrogens with zero attached hydrogens (tertiary/aromatic N) is 1. The Kier molecular flexibility index (Phi) is 8.29. The third kappa shape index (κ3) is 6.14. The standard InChI is InChI=1S/C20H29NO4S/c1-5-25-19(22)20(3,4)14-8-6-7-9-18(15-21)26(23,24)17-12-10-16(2)11-13-17/h10-13,18H,5-9,14H2,1-4H3. The lowest BCUT2D eigenvalue weighted by Gasteiger charge is -2.22. The topological polar surface area (TPSA) is 84.2 Å². The Labute approximate surface area is 157 Å². The Morgan fingerprint density at radius 3 is 2.35 bits per heavy atom. The number of carbonyl (C=O) groups is 1. The van der Waals surface area contributed by atoms with Crippen molar-refractivity contribution in [2.24, 2.45) is 5.41 Å². The third-order valence-corrected chi connectivity index (χ3v) is 6.48. The Morgan fingerprint density at radius 1 is 1.19 bits per heavy atom. The zero-order valence-corrected chi connectivity index (χ0v) is 16.9. The maximum absolute atomic E-state index is 12.6. The van der Waals surface area contributed by atoms with E-state index in [2.05, 4.69) is 0 Å². The summed E-state index contributed by atoms with van der Waals surface area (Å²) in [6.45, 7) is 7.74. The molecule has 0 saturated carbocycles. The van der Waals surface area contributed by atoms with Crippen molar-refractivity contribution in [3.8, 4) is 6.07 Å². The van der Waals surface area contributed by atoms with Gasteiger partial charge >= 0.3 is 5.97 Å². The van der Waals surface area contributed by atoms with Crippen molar-refractivity contribution in [2.75, 3.05) is 6.61 Å². The SMILES string of the molecule is CCOC(=O)C(C)(C)CCCCCC(C#N)S(=O)(=O)c1ccc(C)cc1. The Bertz CT molecular complexity index is 730. The first-order chi connectivity index (χ1) is 12.1. The van der Waals surface area contributed by atoms with Gasteiger partial charge in [-0.1, -0.05) is 37.0 Å². The summed E-state index contributed by atoms with van der Waals surface area (Å²) in [6.07, 6.45) is 3.15. The van der Waals surface area contributed by atoms with E-state index in [0.29, 0.717) is 25.9 Å². The minimum Gasteiger partial charge on any atom is -0.466 e. The lowest BCUT2D eigenvalue weighted by atomic mass is 9.87. The number of sulfone groups is 1. The number of aryl methyl sites for hydroxylation is 1. The average Bonchev–Trinajstić information content (AvgIpc) is 2.58. The van der Waals surface area contributed by atoms with Crippen molar-refractivity contribution in [3.63, 3.8) is 0 Å². The summed E-state index contributed by atoms with van der Waals surface area (Å²) in [4.78, 5) is 12.0. The van der Waals surface area contributed by atoms with E-state index in [1.807, 2.05) is 26.8 Å². The van der Waals surface area contributed by atoms with Gasteiger partial charge in [0.25, 0.3) is 0 Å². The van der Waals surface area contributed by atoms with Crippen LogP contribution in [-0.4, -0.2) is 26.2 Å². The van der Waals surface area contributed by atoms with Crippen molar-refractivity contribution in [1.29, 1.82) is 5.26 Å². The van der Waals surface area contributed by atoms with Crippen molar-refractivity contribution in [3.05, 3.63) is 29.8 Å². The molecule has 6 heteroatoms. The number of unbranched alkanes of at least 4 members (excludes halogenated alkanes) is 2. The molecule has 0 aromatic heterocycles. The highest BCUT2D eigenvalue weighted by Gasteiger charge is 2.29. The molecule has 1 unspecified atom stereocenters. The molecular formula is C20H29NO4S. The molecule has 0 heterocycles. The van der Waals surface area contributed by atoms with Gasteiger partial charge in [-0.15, -0.1) is 0 Å². The largest absolute Gasteiger partial charge is 0.466 e. The minimum absolute atomic E-state index is 0.193. The van der Waals surface area contributed by atoms with Crippen LogP contribution in [0.2, 0.25) is 0 Å². The van der Waals surface area contributed by atoms with Crippen LogP contribution in [0.5, 0.6) is 0 Å². The number of hydrogen-bond donors (Lipinski definition) is 0. The maximum atomic E-state index is 12.6. The van der Waals surface area contributed by atoms with Crippen LogP contribution in [-0.2, 0) is 19.4 Å². The number of nitriles is 1. The number of carbonyl (C=O) groups excluding carboxylic acids is 1. The number of hydrogen-bond acceptors (Lipinski definition) is 5. The van der Waals surface area contributed by atoms with Crippen molar-refractivity contribution in [1.82, 2.24) is 0 Å². The monoisotopic (exact) mass is 379 g/mol. The van der Waals surface area contributed by atoms with Crippen LogP contribution in [0.25, 0.3) is 0 Å². The van der Waals surface area contributed by atoms with Gasteiger partial charge in [0.05, 0.1) is 23.0 Å². The minimum atomic E-state index is -3.64. The third-order valence-electron chi connectivity index (χ3n) is 4.46. The first-order valence-electron chi connectivity index (χ1n) is 9.02. The second-order valence-electron chi connectivity index (χ2n) is 7.18. The lowest BCUT2D eigenvalue weighted by Crippen LogP contribution is -2.26. The number of esters is 1. The van der Waals surface area contributed by atoms with E-state index in [9.17, 15) is 18.5 Å². The van der Waals surface area contributed by atoms with E-state index in [0.717, 1.165) is 18.4 Å². The second kappa shape index (κ2) is 9.72. The lowest BCUT2D eigenvalue weighted by molar-refractivity contribution is -0.153. The zero-order valence-electron chi connectivity index (χ0n) is 16.1. The van der Waals surface area contributed by atoms with Crippen LogP contribution in [0.4, 0.5) is 0 Å². The molecule has 1 aromatic rings. The molecule has 0 aliphatic carbocycles. The first-order valence-corrected chi connectivity index (χ1v) is 10.6. The van der Waals surface area contributed by atoms with Gasteiger partial charge in [-0.2, -0.15) is 5.26 Å². The summed E-state index contributed by atoms with van der Waals surface area (Å²) in [5.74, 6) is -0.211. The van der Waals surface area contributed by atoms with Crippen LogP contribution >= 0.6 is 0 Å². The molecular weight excluding hydrogens is 350 g/mol. The molecule has 144 valence electrons. The van der Waals surface area contributed by atoms with Crippen molar-refractivity contribution < 1.29 is 17.9 Å². The molecule has 0 aliphatic rings. The highest BCUT2D eigenvalue weighted by atomic mass is 32.2. The molecule has 1 rings (SSSR count). The van der Waals surface area contributed by atoms with E-state index in [1.54, 1.807) is 31.2 Å². The summed E-state index contributed by atoms with van der Waals surface area (Å²) in [7, 11) is -3.64. The molecule has 0 saturated heterocycles. The van der Waals surface area contributed by atoms with Gasteiger partial charge in [0, 0.05) is 0 Å². The summed E-state index contributed by atoms with van der Waals surface area (Å²) >= 11 is 0. The Balaban J connectivity index is 2.54. The van der Waals surface area contributed by atoms with Crippen LogP contribution in [0.1, 0.15) is 58.4 Å². The molecule has 0 fully saturated rings. The first kappa shape index (κ1) is 22.2. The molecule has 1 aromatic carbocycles. The highest BCUT2D eigenvalue weighted by molar-refractivity contribution is 7.92. The summed E-state index contributed by atoms with van der Waals surface area (Å²) < 4.78 is 30.2. The molecule has 1 atom stereocenters. The van der Waals surface area contributed by atoms with E-state index < -0.39 is 20.5 Å². The fourth-order valence-corrected chi connectivity index (χ4v) is 4.14. The van der Waals surface area contributed by atoms with E-state index in [1.165, 1.54) is 0 Å². The smallest absolute Gasteiger partial charge is 0.311 e. The number of rotatable bonds is 10. The maximum Gasteiger partial charge on any atom is 0.311 e. The zero-order chi connectivity index (χ0) is 19.8. The van der Waals surface area contributed by atoms with Gasteiger partial charge in [0.1, 0.15) is 0 Å². The Hall–Kier alpha value is -1.87. The van der Waals surface area contributed by atoms with Gasteiger partial charge in [-0.25, -0.2) is 8.42 Å². The quantitative estimate of drug-likeness (QED) is 0.449. The number of benzene rings is 1. The Morgan fingerprint density at radius 2 is 1.81 bits per heavy atom. The molecule has 0 aliphatic heterocycles. The molecule has 0 radical (unpaired) electrons.